The fourth-order valence-corrected chi connectivity index (χ4v) is 4.04. The molecule has 2 aromatic rings. The number of rotatable bonds is 8. The van der Waals surface area contributed by atoms with Gasteiger partial charge in [-0.15, -0.1) is 0 Å². The SMILES string of the molecule is CCCCN1CC(NCCc2ccccc2)=C(c2ccccc2)S1. The summed E-state index contributed by atoms with van der Waals surface area (Å²) >= 11 is 1.91. The third-order valence-electron chi connectivity index (χ3n) is 4.22. The second kappa shape index (κ2) is 8.95. The molecule has 0 saturated carbocycles. The maximum absolute atomic E-state index is 3.70. The van der Waals surface area contributed by atoms with E-state index >= 15 is 0 Å². The number of benzene rings is 2. The Morgan fingerprint density at radius 3 is 2.42 bits per heavy atom. The van der Waals surface area contributed by atoms with Gasteiger partial charge < -0.3 is 5.32 Å². The molecule has 0 aliphatic carbocycles. The quantitative estimate of drug-likeness (QED) is 0.686. The average molecular weight is 339 g/mol. The van der Waals surface area contributed by atoms with Crippen molar-refractivity contribution >= 4 is 16.9 Å². The van der Waals surface area contributed by atoms with Crippen molar-refractivity contribution in [2.75, 3.05) is 19.6 Å². The second-order valence-corrected chi connectivity index (χ2v) is 7.25. The first-order valence-electron chi connectivity index (χ1n) is 8.86. The minimum absolute atomic E-state index is 0.984. The first kappa shape index (κ1) is 17.1. The molecule has 0 fully saturated rings. The largest absolute Gasteiger partial charge is 0.386 e. The van der Waals surface area contributed by atoms with Gasteiger partial charge in [0.2, 0.25) is 0 Å². The molecule has 24 heavy (non-hydrogen) atoms. The Morgan fingerprint density at radius 2 is 1.71 bits per heavy atom. The van der Waals surface area contributed by atoms with Crippen LogP contribution in [0.15, 0.2) is 66.4 Å². The fraction of sp³-hybridized carbons (Fsp3) is 0.333. The summed E-state index contributed by atoms with van der Waals surface area (Å²) in [6, 6.07) is 21.5. The van der Waals surface area contributed by atoms with Gasteiger partial charge in [-0.05, 0) is 35.9 Å². The molecule has 126 valence electrons. The molecule has 1 heterocycles. The molecule has 1 aliphatic heterocycles. The molecule has 1 N–H and O–H groups in total. The Balaban J connectivity index is 1.66. The van der Waals surface area contributed by atoms with E-state index < -0.39 is 0 Å². The summed E-state index contributed by atoms with van der Waals surface area (Å²) < 4.78 is 2.48. The standard InChI is InChI=1S/C21H26N2S/c1-2-3-16-23-17-20(21(24-23)19-12-8-5-9-13-19)22-15-14-18-10-6-4-7-11-18/h4-13,22H,2-3,14-17H2,1H3. The molecule has 0 amide bonds. The van der Waals surface area contributed by atoms with Crippen molar-refractivity contribution in [1.29, 1.82) is 0 Å². The van der Waals surface area contributed by atoms with Crippen molar-refractivity contribution in [2.24, 2.45) is 0 Å². The van der Waals surface area contributed by atoms with Gasteiger partial charge in [0.05, 0.1) is 11.4 Å². The van der Waals surface area contributed by atoms with E-state index in [4.69, 9.17) is 0 Å². The fourth-order valence-electron chi connectivity index (χ4n) is 2.88. The molecule has 0 unspecified atom stereocenters. The number of nitrogens with zero attached hydrogens (tertiary/aromatic N) is 1. The number of unbranched alkanes of at least 4 members (excludes halogenated alkanes) is 1. The van der Waals surface area contributed by atoms with E-state index in [-0.39, 0.29) is 0 Å². The van der Waals surface area contributed by atoms with Gasteiger partial charge in [0, 0.05) is 18.8 Å². The van der Waals surface area contributed by atoms with Gasteiger partial charge in [-0.3, -0.25) is 0 Å². The molecule has 0 atom stereocenters. The molecular weight excluding hydrogens is 312 g/mol. The Labute approximate surface area is 150 Å². The predicted octanol–water partition coefficient (Wildman–Crippen LogP) is 4.95. The third-order valence-corrected chi connectivity index (χ3v) is 5.46. The lowest BCUT2D eigenvalue weighted by molar-refractivity contribution is 0.487. The number of nitrogens with one attached hydrogen (secondary N) is 1. The summed E-state index contributed by atoms with van der Waals surface area (Å²) in [5.41, 5.74) is 4.09. The van der Waals surface area contributed by atoms with Crippen LogP contribution in [0.25, 0.3) is 4.91 Å². The van der Waals surface area contributed by atoms with Crippen LogP contribution >= 0.6 is 11.9 Å². The van der Waals surface area contributed by atoms with Crippen LogP contribution < -0.4 is 5.32 Å². The zero-order valence-electron chi connectivity index (χ0n) is 14.4. The summed E-state index contributed by atoms with van der Waals surface area (Å²) in [6.07, 6.45) is 3.56. The maximum atomic E-state index is 3.70. The average Bonchev–Trinajstić information content (AvgIpc) is 3.05. The number of hydrogen-bond acceptors (Lipinski definition) is 3. The first-order valence-corrected chi connectivity index (χ1v) is 9.63. The molecule has 2 aromatic carbocycles. The minimum Gasteiger partial charge on any atom is -0.386 e. The third kappa shape index (κ3) is 4.65. The Kier molecular flexibility index (Phi) is 6.39. The highest BCUT2D eigenvalue weighted by atomic mass is 32.2. The highest BCUT2D eigenvalue weighted by Gasteiger charge is 2.23. The summed E-state index contributed by atoms with van der Waals surface area (Å²) in [7, 11) is 0. The van der Waals surface area contributed by atoms with E-state index in [1.165, 1.54) is 34.6 Å². The van der Waals surface area contributed by atoms with Gasteiger partial charge in [-0.1, -0.05) is 74.0 Å². The van der Waals surface area contributed by atoms with Gasteiger partial charge in [0.25, 0.3) is 0 Å². The van der Waals surface area contributed by atoms with E-state index in [0.717, 1.165) is 26.1 Å². The van der Waals surface area contributed by atoms with Crippen LogP contribution in [-0.2, 0) is 6.42 Å². The Morgan fingerprint density at radius 1 is 1.00 bits per heavy atom. The van der Waals surface area contributed by atoms with E-state index in [1.54, 1.807) is 0 Å². The monoisotopic (exact) mass is 338 g/mol. The molecule has 0 bridgehead atoms. The Bertz CT molecular complexity index is 652. The zero-order chi connectivity index (χ0) is 16.6. The van der Waals surface area contributed by atoms with Crippen molar-refractivity contribution in [3.8, 4) is 0 Å². The van der Waals surface area contributed by atoms with Gasteiger partial charge >= 0.3 is 0 Å². The van der Waals surface area contributed by atoms with Crippen LogP contribution in [0.3, 0.4) is 0 Å². The maximum Gasteiger partial charge on any atom is 0.0505 e. The lowest BCUT2D eigenvalue weighted by Gasteiger charge is -2.14. The minimum atomic E-state index is 0.984. The highest BCUT2D eigenvalue weighted by Crippen LogP contribution is 2.39. The van der Waals surface area contributed by atoms with E-state index in [0.29, 0.717) is 0 Å². The molecule has 0 saturated heterocycles. The van der Waals surface area contributed by atoms with E-state index in [1.807, 2.05) is 11.9 Å². The molecule has 3 rings (SSSR count). The Hall–Kier alpha value is -1.71. The molecular formula is C21H26N2S. The van der Waals surface area contributed by atoms with Crippen LogP contribution in [0.4, 0.5) is 0 Å². The van der Waals surface area contributed by atoms with Gasteiger partial charge in [0.15, 0.2) is 0 Å². The van der Waals surface area contributed by atoms with Crippen molar-refractivity contribution in [2.45, 2.75) is 26.2 Å². The molecule has 0 spiro atoms. The normalized spacial score (nSPS) is 15.0. The van der Waals surface area contributed by atoms with Crippen LogP contribution in [0.5, 0.6) is 0 Å². The second-order valence-electron chi connectivity index (χ2n) is 6.14. The molecule has 2 nitrogen and oxygen atoms in total. The molecule has 3 heteroatoms. The summed E-state index contributed by atoms with van der Waals surface area (Å²) in [5, 5.41) is 3.70. The van der Waals surface area contributed by atoms with E-state index in [2.05, 4.69) is 77.2 Å². The van der Waals surface area contributed by atoms with Gasteiger partial charge in [-0.2, -0.15) is 0 Å². The lowest BCUT2D eigenvalue weighted by Crippen LogP contribution is -2.23. The zero-order valence-corrected chi connectivity index (χ0v) is 15.2. The van der Waals surface area contributed by atoms with Crippen molar-refractivity contribution in [3.63, 3.8) is 0 Å². The topological polar surface area (TPSA) is 15.3 Å². The van der Waals surface area contributed by atoms with Crippen molar-refractivity contribution in [1.82, 2.24) is 9.62 Å². The molecule has 0 radical (unpaired) electrons. The lowest BCUT2D eigenvalue weighted by atomic mass is 10.1. The first-order chi connectivity index (χ1) is 11.9. The van der Waals surface area contributed by atoms with Gasteiger partial charge in [-0.25, -0.2) is 4.31 Å². The van der Waals surface area contributed by atoms with Crippen LogP contribution in [0.1, 0.15) is 30.9 Å². The predicted molar refractivity (Wildman–Crippen MR) is 106 cm³/mol. The summed E-state index contributed by atoms with van der Waals surface area (Å²) in [4.78, 5) is 1.39. The van der Waals surface area contributed by atoms with Crippen molar-refractivity contribution in [3.05, 3.63) is 77.5 Å². The van der Waals surface area contributed by atoms with Crippen molar-refractivity contribution < 1.29 is 0 Å². The van der Waals surface area contributed by atoms with Gasteiger partial charge in [0.1, 0.15) is 0 Å². The summed E-state index contributed by atoms with van der Waals surface area (Å²) in [6.45, 7) is 5.41. The highest BCUT2D eigenvalue weighted by molar-refractivity contribution is 8.06. The van der Waals surface area contributed by atoms with Crippen LogP contribution in [0.2, 0.25) is 0 Å². The summed E-state index contributed by atoms with van der Waals surface area (Å²) in [5.74, 6) is 0. The molecule has 0 aromatic heterocycles. The molecule has 1 aliphatic rings. The smallest absolute Gasteiger partial charge is 0.0505 e. The van der Waals surface area contributed by atoms with Crippen LogP contribution in [0, 0.1) is 0 Å². The number of hydrogen-bond donors (Lipinski definition) is 1. The van der Waals surface area contributed by atoms with E-state index in [9.17, 15) is 0 Å². The van der Waals surface area contributed by atoms with Crippen LogP contribution in [-0.4, -0.2) is 23.9 Å².